The molecule has 0 radical (unpaired) electrons. The van der Waals surface area contributed by atoms with E-state index in [1.54, 1.807) is 18.5 Å². The zero-order chi connectivity index (χ0) is 16.9. The van der Waals surface area contributed by atoms with Crippen LogP contribution in [-0.4, -0.2) is 35.1 Å². The molecule has 2 amide bonds. The van der Waals surface area contributed by atoms with Crippen LogP contribution in [0.15, 0.2) is 36.7 Å². The Morgan fingerprint density at radius 3 is 2.75 bits per heavy atom. The number of carbonyl (C=O) groups excluding carboxylic acids is 1. The van der Waals surface area contributed by atoms with E-state index in [0.29, 0.717) is 0 Å². The molecular formula is C18H23N5O. The van der Waals surface area contributed by atoms with Gasteiger partial charge in [-0.15, -0.1) is 0 Å². The smallest absolute Gasteiger partial charge is 0.319 e. The molecule has 2 aromatic rings. The molecule has 0 aliphatic carbocycles. The molecule has 0 spiro atoms. The average molecular weight is 325 g/mol. The molecule has 1 aromatic heterocycles. The fraction of sp³-hybridized carbons (Fsp3) is 0.389. The van der Waals surface area contributed by atoms with Crippen molar-refractivity contribution in [1.82, 2.24) is 15.3 Å². The van der Waals surface area contributed by atoms with Gasteiger partial charge in [0.25, 0.3) is 0 Å². The molecule has 3 rings (SSSR count). The molecule has 0 unspecified atom stereocenters. The van der Waals surface area contributed by atoms with E-state index in [1.807, 2.05) is 25.1 Å². The second-order valence-corrected chi connectivity index (χ2v) is 6.23. The van der Waals surface area contributed by atoms with Crippen molar-refractivity contribution >= 4 is 17.7 Å². The van der Waals surface area contributed by atoms with Gasteiger partial charge >= 0.3 is 6.03 Å². The Morgan fingerprint density at radius 1 is 1.21 bits per heavy atom. The summed E-state index contributed by atoms with van der Waals surface area (Å²) in [6.07, 6.45) is 5.45. The first-order chi connectivity index (χ1) is 11.6. The Hall–Kier alpha value is -2.63. The third-order valence-electron chi connectivity index (χ3n) is 4.36. The van der Waals surface area contributed by atoms with Gasteiger partial charge in [0.2, 0.25) is 5.95 Å². The fourth-order valence-electron chi connectivity index (χ4n) is 2.90. The van der Waals surface area contributed by atoms with E-state index >= 15 is 0 Å². The Morgan fingerprint density at radius 2 is 2.00 bits per heavy atom. The zero-order valence-electron chi connectivity index (χ0n) is 14.1. The lowest BCUT2D eigenvalue weighted by atomic mass is 10.1. The van der Waals surface area contributed by atoms with E-state index in [0.717, 1.165) is 43.1 Å². The fourth-order valence-corrected chi connectivity index (χ4v) is 2.90. The molecule has 6 heteroatoms. The number of carbonyl (C=O) groups is 1. The van der Waals surface area contributed by atoms with Gasteiger partial charge in [0, 0.05) is 37.2 Å². The van der Waals surface area contributed by atoms with E-state index in [2.05, 4.69) is 32.4 Å². The molecule has 1 aliphatic heterocycles. The third-order valence-corrected chi connectivity index (χ3v) is 4.36. The van der Waals surface area contributed by atoms with Crippen molar-refractivity contribution in [1.29, 1.82) is 0 Å². The average Bonchev–Trinajstić information content (AvgIpc) is 2.59. The molecule has 0 saturated carbocycles. The molecule has 1 fully saturated rings. The van der Waals surface area contributed by atoms with Crippen molar-refractivity contribution in [2.75, 3.05) is 23.3 Å². The number of urea groups is 1. The number of hydrogen-bond acceptors (Lipinski definition) is 4. The second kappa shape index (κ2) is 7.29. The van der Waals surface area contributed by atoms with E-state index in [4.69, 9.17) is 0 Å². The summed E-state index contributed by atoms with van der Waals surface area (Å²) in [6.45, 7) is 5.74. The quantitative estimate of drug-likeness (QED) is 0.910. The minimum atomic E-state index is -0.168. The minimum absolute atomic E-state index is 0.0918. The number of benzene rings is 1. The number of aryl methyl sites for hydroxylation is 2. The maximum absolute atomic E-state index is 12.2. The maximum atomic E-state index is 12.2. The van der Waals surface area contributed by atoms with Crippen LogP contribution < -0.4 is 15.5 Å². The number of nitrogens with one attached hydrogen (secondary N) is 2. The van der Waals surface area contributed by atoms with Gasteiger partial charge in [-0.1, -0.05) is 6.07 Å². The summed E-state index contributed by atoms with van der Waals surface area (Å²) in [4.78, 5) is 22.9. The van der Waals surface area contributed by atoms with Crippen LogP contribution in [0.3, 0.4) is 0 Å². The van der Waals surface area contributed by atoms with Crippen LogP contribution in [0.1, 0.15) is 24.0 Å². The van der Waals surface area contributed by atoms with Gasteiger partial charge < -0.3 is 15.5 Å². The van der Waals surface area contributed by atoms with E-state index in [-0.39, 0.29) is 12.1 Å². The predicted molar refractivity (Wildman–Crippen MR) is 95.3 cm³/mol. The maximum Gasteiger partial charge on any atom is 0.319 e. The highest BCUT2D eigenvalue weighted by Gasteiger charge is 2.22. The van der Waals surface area contributed by atoms with Gasteiger partial charge in [0.05, 0.1) is 0 Å². The lowest BCUT2D eigenvalue weighted by molar-refractivity contribution is 0.246. The minimum Gasteiger partial charge on any atom is -0.339 e. The van der Waals surface area contributed by atoms with Crippen molar-refractivity contribution in [2.45, 2.75) is 32.7 Å². The zero-order valence-corrected chi connectivity index (χ0v) is 14.1. The highest BCUT2D eigenvalue weighted by Crippen LogP contribution is 2.16. The topological polar surface area (TPSA) is 70.2 Å². The summed E-state index contributed by atoms with van der Waals surface area (Å²) >= 11 is 0. The number of rotatable bonds is 3. The van der Waals surface area contributed by atoms with Crippen LogP contribution in [0.2, 0.25) is 0 Å². The van der Waals surface area contributed by atoms with E-state index in [1.165, 1.54) is 5.56 Å². The standard InChI is InChI=1S/C18H23N5O/c1-13-6-7-15(11-14(13)2)21-18(24)22-16-5-3-10-23(12-16)17-19-8-4-9-20-17/h4,6-9,11,16H,3,5,10,12H2,1-2H3,(H2,21,22,24)/t16-/m0/s1. The summed E-state index contributed by atoms with van der Waals surface area (Å²) in [7, 11) is 0. The van der Waals surface area contributed by atoms with Gasteiger partial charge in [-0.2, -0.15) is 0 Å². The summed E-state index contributed by atoms with van der Waals surface area (Å²) in [5, 5.41) is 5.97. The lowest BCUT2D eigenvalue weighted by Gasteiger charge is -2.33. The van der Waals surface area contributed by atoms with Gasteiger partial charge in [-0.05, 0) is 56.0 Å². The van der Waals surface area contributed by atoms with Crippen LogP contribution in [0.25, 0.3) is 0 Å². The Kier molecular flexibility index (Phi) is 4.93. The number of hydrogen-bond donors (Lipinski definition) is 2. The van der Waals surface area contributed by atoms with Crippen LogP contribution in [-0.2, 0) is 0 Å². The molecule has 6 nitrogen and oxygen atoms in total. The van der Waals surface area contributed by atoms with Gasteiger partial charge in [-0.3, -0.25) is 0 Å². The van der Waals surface area contributed by atoms with Crippen molar-refractivity contribution in [3.05, 3.63) is 47.8 Å². The summed E-state index contributed by atoms with van der Waals surface area (Å²) in [5.41, 5.74) is 3.19. The van der Waals surface area contributed by atoms with Crippen LogP contribution in [0.5, 0.6) is 0 Å². The number of aromatic nitrogens is 2. The normalized spacial score (nSPS) is 17.4. The molecule has 24 heavy (non-hydrogen) atoms. The SMILES string of the molecule is Cc1ccc(NC(=O)N[C@H]2CCCN(c3ncccn3)C2)cc1C. The summed E-state index contributed by atoms with van der Waals surface area (Å²) in [5.74, 6) is 0.721. The molecule has 1 saturated heterocycles. The van der Waals surface area contributed by atoms with Gasteiger partial charge in [0.1, 0.15) is 0 Å². The molecule has 1 aliphatic rings. The first-order valence-corrected chi connectivity index (χ1v) is 8.28. The lowest BCUT2D eigenvalue weighted by Crippen LogP contribution is -2.49. The number of amides is 2. The van der Waals surface area contributed by atoms with Crippen molar-refractivity contribution in [3.63, 3.8) is 0 Å². The van der Waals surface area contributed by atoms with Crippen molar-refractivity contribution in [3.8, 4) is 0 Å². The molecule has 2 heterocycles. The van der Waals surface area contributed by atoms with E-state index in [9.17, 15) is 4.79 Å². The highest BCUT2D eigenvalue weighted by molar-refractivity contribution is 5.89. The second-order valence-electron chi connectivity index (χ2n) is 6.23. The molecular weight excluding hydrogens is 302 g/mol. The Labute approximate surface area is 142 Å². The first-order valence-electron chi connectivity index (χ1n) is 8.28. The number of piperidine rings is 1. The summed E-state index contributed by atoms with van der Waals surface area (Å²) in [6, 6.07) is 7.65. The Bertz CT molecular complexity index is 704. The predicted octanol–water partition coefficient (Wildman–Crippen LogP) is 2.88. The summed E-state index contributed by atoms with van der Waals surface area (Å²) < 4.78 is 0. The monoisotopic (exact) mass is 325 g/mol. The molecule has 126 valence electrons. The molecule has 2 N–H and O–H groups in total. The van der Waals surface area contributed by atoms with Gasteiger partial charge in [0.15, 0.2) is 0 Å². The van der Waals surface area contributed by atoms with Crippen molar-refractivity contribution in [2.24, 2.45) is 0 Å². The van der Waals surface area contributed by atoms with Crippen LogP contribution >= 0.6 is 0 Å². The number of nitrogens with zero attached hydrogens (tertiary/aromatic N) is 3. The van der Waals surface area contributed by atoms with Crippen LogP contribution in [0, 0.1) is 13.8 Å². The molecule has 0 bridgehead atoms. The Balaban J connectivity index is 1.57. The molecule has 1 aromatic carbocycles. The molecule has 1 atom stereocenters. The first kappa shape index (κ1) is 16.2. The largest absolute Gasteiger partial charge is 0.339 e. The van der Waals surface area contributed by atoms with Gasteiger partial charge in [-0.25, -0.2) is 14.8 Å². The number of anilines is 2. The third kappa shape index (κ3) is 4.01. The van der Waals surface area contributed by atoms with Crippen molar-refractivity contribution < 1.29 is 4.79 Å². The van der Waals surface area contributed by atoms with Crippen LogP contribution in [0.4, 0.5) is 16.4 Å². The highest BCUT2D eigenvalue weighted by atomic mass is 16.2. The van der Waals surface area contributed by atoms with E-state index < -0.39 is 0 Å².